The quantitative estimate of drug-likeness (QED) is 0.867. The zero-order valence-electron chi connectivity index (χ0n) is 14.9. The average molecular weight is 375 g/mol. The molecular formula is C18H21N3O4S. The van der Waals surface area contributed by atoms with Gasteiger partial charge < -0.3 is 14.6 Å². The van der Waals surface area contributed by atoms with E-state index in [9.17, 15) is 13.2 Å². The molecule has 0 saturated carbocycles. The molecular weight excluding hydrogens is 354 g/mol. The van der Waals surface area contributed by atoms with E-state index in [0.717, 1.165) is 0 Å². The lowest BCUT2D eigenvalue weighted by molar-refractivity contribution is 0.0948. The fraction of sp³-hybridized carbons (Fsp3) is 0.333. The molecule has 26 heavy (non-hydrogen) atoms. The number of carbonyl (C=O) groups is 1. The Bertz CT molecular complexity index is 947. The number of amidine groups is 1. The van der Waals surface area contributed by atoms with Crippen molar-refractivity contribution in [2.45, 2.75) is 32.2 Å². The molecule has 0 radical (unpaired) electrons. The monoisotopic (exact) mass is 375 g/mol. The van der Waals surface area contributed by atoms with Crippen molar-refractivity contribution in [3.8, 4) is 0 Å². The van der Waals surface area contributed by atoms with Crippen LogP contribution in [0.15, 0.2) is 50.3 Å². The van der Waals surface area contributed by atoms with E-state index in [4.69, 9.17) is 4.42 Å². The van der Waals surface area contributed by atoms with Crippen LogP contribution in [0.4, 0.5) is 5.69 Å². The summed E-state index contributed by atoms with van der Waals surface area (Å²) in [6.45, 7) is 6.64. The predicted octanol–water partition coefficient (Wildman–Crippen LogP) is 2.79. The number of hydrogen-bond donors (Lipinski definition) is 1. The molecule has 8 heteroatoms. The van der Waals surface area contributed by atoms with Crippen molar-refractivity contribution in [3.05, 3.63) is 47.9 Å². The van der Waals surface area contributed by atoms with Crippen molar-refractivity contribution >= 4 is 27.5 Å². The van der Waals surface area contributed by atoms with Crippen LogP contribution in [0.5, 0.6) is 0 Å². The largest absolute Gasteiger partial charge is 0.467 e. The van der Waals surface area contributed by atoms with Crippen molar-refractivity contribution in [2.75, 3.05) is 11.4 Å². The van der Waals surface area contributed by atoms with E-state index in [2.05, 4.69) is 9.71 Å². The first-order valence-electron chi connectivity index (χ1n) is 8.31. The van der Waals surface area contributed by atoms with E-state index in [1.807, 2.05) is 18.7 Å². The molecule has 1 amide bonds. The third-order valence-electron chi connectivity index (χ3n) is 3.98. The number of hydrogen-bond acceptors (Lipinski definition) is 5. The smallest absolute Gasteiger partial charge is 0.286 e. The molecule has 3 rings (SSSR count). The minimum absolute atomic E-state index is 0.0504. The lowest BCUT2D eigenvalue weighted by atomic mass is 10.1. The Hall–Kier alpha value is -2.61. The van der Waals surface area contributed by atoms with Crippen molar-refractivity contribution in [2.24, 2.45) is 10.3 Å². The summed E-state index contributed by atoms with van der Waals surface area (Å²) in [6.07, 6.45) is 1.52. The van der Waals surface area contributed by atoms with Gasteiger partial charge in [0.2, 0.25) is 0 Å². The molecule has 2 heterocycles. The summed E-state index contributed by atoms with van der Waals surface area (Å²) in [7, 11) is -3.83. The summed E-state index contributed by atoms with van der Waals surface area (Å²) in [5.41, 5.74) is 0.812. The molecule has 0 atom stereocenters. The van der Waals surface area contributed by atoms with Crippen molar-refractivity contribution < 1.29 is 17.6 Å². The van der Waals surface area contributed by atoms with E-state index in [0.29, 0.717) is 29.7 Å². The van der Waals surface area contributed by atoms with Crippen LogP contribution >= 0.6 is 0 Å². The second kappa shape index (κ2) is 6.95. The fourth-order valence-electron chi connectivity index (χ4n) is 2.81. The zero-order valence-corrected chi connectivity index (χ0v) is 15.7. The van der Waals surface area contributed by atoms with Gasteiger partial charge in [-0.15, -0.1) is 4.40 Å². The number of sulfonamides is 1. The third-order valence-corrected chi connectivity index (χ3v) is 5.37. The molecule has 0 unspecified atom stereocenters. The van der Waals surface area contributed by atoms with Gasteiger partial charge in [-0.3, -0.25) is 4.79 Å². The highest BCUT2D eigenvalue weighted by Gasteiger charge is 2.30. The average Bonchev–Trinajstić information content (AvgIpc) is 3.09. The topological polar surface area (TPSA) is 92.0 Å². The Labute approximate surface area is 152 Å². The van der Waals surface area contributed by atoms with E-state index in [1.165, 1.54) is 12.3 Å². The minimum atomic E-state index is -3.83. The summed E-state index contributed by atoms with van der Waals surface area (Å²) in [5, 5.41) is 2.71. The first kappa shape index (κ1) is 18.2. The minimum Gasteiger partial charge on any atom is -0.467 e. The van der Waals surface area contributed by atoms with Gasteiger partial charge in [0.15, 0.2) is 0 Å². The van der Waals surface area contributed by atoms with Crippen LogP contribution in [0.3, 0.4) is 0 Å². The van der Waals surface area contributed by atoms with Crippen molar-refractivity contribution in [1.29, 1.82) is 0 Å². The zero-order chi connectivity index (χ0) is 18.9. The fourth-order valence-corrected chi connectivity index (χ4v) is 4.07. The molecule has 0 spiro atoms. The summed E-state index contributed by atoms with van der Waals surface area (Å²) < 4.78 is 34.0. The highest BCUT2D eigenvalue weighted by atomic mass is 32.2. The normalized spacial score (nSPS) is 15.5. The molecule has 1 aromatic carbocycles. The van der Waals surface area contributed by atoms with Gasteiger partial charge in [-0.25, -0.2) is 0 Å². The van der Waals surface area contributed by atoms with Gasteiger partial charge in [0.25, 0.3) is 15.9 Å². The van der Waals surface area contributed by atoms with E-state index >= 15 is 0 Å². The van der Waals surface area contributed by atoms with Gasteiger partial charge in [-0.2, -0.15) is 8.42 Å². The highest BCUT2D eigenvalue weighted by molar-refractivity contribution is 7.90. The maximum absolute atomic E-state index is 12.5. The number of amides is 1. The van der Waals surface area contributed by atoms with Crippen LogP contribution in [0.25, 0.3) is 0 Å². The molecule has 138 valence electrons. The molecule has 2 aromatic rings. The van der Waals surface area contributed by atoms with Crippen LogP contribution in [-0.2, 0) is 16.6 Å². The molecule has 0 saturated heterocycles. The number of anilines is 1. The van der Waals surface area contributed by atoms with Gasteiger partial charge in [0.1, 0.15) is 16.5 Å². The number of rotatable bonds is 5. The Morgan fingerprint density at radius 3 is 2.73 bits per heavy atom. The number of nitrogens with zero attached hydrogens (tertiary/aromatic N) is 2. The van der Waals surface area contributed by atoms with Gasteiger partial charge in [0.05, 0.1) is 18.5 Å². The van der Waals surface area contributed by atoms with E-state index < -0.39 is 10.0 Å². The van der Waals surface area contributed by atoms with Gasteiger partial charge in [0, 0.05) is 12.1 Å². The first-order chi connectivity index (χ1) is 12.3. The lowest BCUT2D eigenvalue weighted by Gasteiger charge is -2.30. The number of furan rings is 1. The summed E-state index contributed by atoms with van der Waals surface area (Å²) in [5.74, 6) is 1.000. The molecule has 7 nitrogen and oxygen atoms in total. The summed E-state index contributed by atoms with van der Waals surface area (Å²) >= 11 is 0. The van der Waals surface area contributed by atoms with Crippen LogP contribution in [0.2, 0.25) is 0 Å². The Kier molecular flexibility index (Phi) is 4.86. The van der Waals surface area contributed by atoms with Crippen molar-refractivity contribution in [3.63, 3.8) is 0 Å². The second-order valence-electron chi connectivity index (χ2n) is 6.56. The SMILES string of the molecule is CC1=NS(=O)(=O)c2cc(C(=O)NCc3ccco3)ccc2N1CC(C)C. The highest BCUT2D eigenvalue weighted by Crippen LogP contribution is 2.33. The maximum atomic E-state index is 12.5. The molecule has 1 aromatic heterocycles. The lowest BCUT2D eigenvalue weighted by Crippen LogP contribution is -2.36. The Morgan fingerprint density at radius 1 is 1.31 bits per heavy atom. The van der Waals surface area contributed by atoms with Crippen LogP contribution in [0, 0.1) is 5.92 Å². The number of benzene rings is 1. The number of nitrogens with one attached hydrogen (secondary N) is 1. The maximum Gasteiger partial charge on any atom is 0.286 e. The molecule has 0 fully saturated rings. The van der Waals surface area contributed by atoms with Crippen LogP contribution < -0.4 is 10.2 Å². The van der Waals surface area contributed by atoms with E-state index in [-0.39, 0.29) is 22.9 Å². The number of carbonyl (C=O) groups excluding carboxylic acids is 1. The number of fused-ring (bicyclic) bond motifs is 1. The predicted molar refractivity (Wildman–Crippen MR) is 98.8 cm³/mol. The molecule has 0 bridgehead atoms. The second-order valence-corrected chi connectivity index (χ2v) is 8.14. The molecule has 1 aliphatic heterocycles. The molecule has 0 aliphatic carbocycles. The van der Waals surface area contributed by atoms with Gasteiger partial charge >= 0.3 is 0 Å². The van der Waals surface area contributed by atoms with Crippen LogP contribution in [-0.4, -0.2) is 26.7 Å². The van der Waals surface area contributed by atoms with Gasteiger partial charge in [-0.05, 0) is 43.2 Å². The molecule has 1 N–H and O–H groups in total. The Morgan fingerprint density at radius 2 is 2.08 bits per heavy atom. The van der Waals surface area contributed by atoms with Crippen molar-refractivity contribution in [1.82, 2.24) is 5.32 Å². The summed E-state index contributed by atoms with van der Waals surface area (Å²) in [6, 6.07) is 8.15. The third kappa shape index (κ3) is 3.65. The first-order valence-corrected chi connectivity index (χ1v) is 9.75. The van der Waals surface area contributed by atoms with Crippen LogP contribution in [0.1, 0.15) is 36.9 Å². The molecule has 1 aliphatic rings. The van der Waals surface area contributed by atoms with E-state index in [1.54, 1.807) is 31.2 Å². The standard InChI is InChI=1S/C18H21N3O4S/c1-12(2)11-21-13(3)20-26(23,24)17-9-14(6-7-16(17)21)18(22)19-10-15-5-4-8-25-15/h4-9,12H,10-11H2,1-3H3,(H,19,22). The Balaban J connectivity index is 1.90. The van der Waals surface area contributed by atoms with Gasteiger partial charge in [-0.1, -0.05) is 13.8 Å². The summed E-state index contributed by atoms with van der Waals surface area (Å²) in [4.78, 5) is 14.3.